The zero-order valence-corrected chi connectivity index (χ0v) is 6.75. The summed E-state index contributed by atoms with van der Waals surface area (Å²) in [6, 6.07) is 0. The quantitative estimate of drug-likeness (QED) is 0.581. The van der Waals surface area contributed by atoms with Crippen LogP contribution in [0.1, 0.15) is 11.4 Å². The van der Waals surface area contributed by atoms with E-state index in [2.05, 4.69) is 26.2 Å². The van der Waals surface area contributed by atoms with Crippen molar-refractivity contribution in [1.82, 2.24) is 20.3 Å². The number of H-pyrrole nitrogens is 1. The van der Waals surface area contributed by atoms with E-state index in [1.165, 1.54) is 0 Å². The Bertz CT molecular complexity index is 309. The van der Waals surface area contributed by atoms with Crippen LogP contribution in [-0.2, 0) is 13.0 Å². The summed E-state index contributed by atoms with van der Waals surface area (Å²) < 4.78 is 0. The predicted octanol–water partition coefficient (Wildman–Crippen LogP) is -0.204. The number of hydrogen-bond acceptors (Lipinski definition) is 3. The Morgan fingerprint density at radius 2 is 2.33 bits per heavy atom. The van der Waals surface area contributed by atoms with E-state index < -0.39 is 0 Å². The minimum absolute atomic E-state index is 0.701. The van der Waals surface area contributed by atoms with Crippen LogP contribution in [0.3, 0.4) is 0 Å². The molecule has 0 aromatic carbocycles. The van der Waals surface area contributed by atoms with Gasteiger partial charge < -0.3 is 0 Å². The summed E-state index contributed by atoms with van der Waals surface area (Å²) in [4.78, 5) is 2.19. The first kappa shape index (κ1) is 7.32. The topological polar surface area (TPSA) is 44.8 Å². The molecule has 12 heavy (non-hydrogen) atoms. The molecule has 0 radical (unpaired) electrons. The lowest BCUT2D eigenvalue weighted by Crippen LogP contribution is -2.30. The Labute approximate surface area is 71.0 Å². The highest BCUT2D eigenvalue weighted by Gasteiger charge is 2.18. The molecule has 0 unspecified atom stereocenters. The minimum atomic E-state index is 0.701. The molecule has 62 valence electrons. The van der Waals surface area contributed by atoms with E-state index in [0.29, 0.717) is 6.54 Å². The summed E-state index contributed by atoms with van der Waals surface area (Å²) in [5.41, 5.74) is 2.12. The molecular weight excluding hydrogens is 152 g/mol. The van der Waals surface area contributed by atoms with Gasteiger partial charge in [-0.1, -0.05) is 5.92 Å². The van der Waals surface area contributed by atoms with Crippen molar-refractivity contribution in [1.29, 1.82) is 0 Å². The molecule has 1 aliphatic rings. The van der Waals surface area contributed by atoms with Gasteiger partial charge in [-0.05, 0) is 0 Å². The third-order valence-corrected chi connectivity index (χ3v) is 2.06. The molecule has 4 nitrogen and oxygen atoms in total. The average molecular weight is 162 g/mol. The van der Waals surface area contributed by atoms with Crippen LogP contribution in [0, 0.1) is 12.3 Å². The van der Waals surface area contributed by atoms with Crippen LogP contribution in [0.15, 0.2) is 0 Å². The van der Waals surface area contributed by atoms with Gasteiger partial charge >= 0.3 is 0 Å². The van der Waals surface area contributed by atoms with Gasteiger partial charge in [0.2, 0.25) is 0 Å². The standard InChI is InChI=1S/C8H10N4/c1-2-4-12-5-3-7-8(6-12)10-11-9-7/h1H,3-6H2,(H,9,10,11). The van der Waals surface area contributed by atoms with E-state index in [-0.39, 0.29) is 0 Å². The van der Waals surface area contributed by atoms with Crippen LogP contribution < -0.4 is 0 Å². The Hall–Kier alpha value is -1.34. The molecule has 1 aromatic rings. The van der Waals surface area contributed by atoms with Gasteiger partial charge in [0.05, 0.1) is 17.9 Å². The van der Waals surface area contributed by atoms with Gasteiger partial charge in [0.1, 0.15) is 0 Å². The number of aromatic amines is 1. The van der Waals surface area contributed by atoms with Gasteiger partial charge in [-0.2, -0.15) is 15.4 Å². The Balaban J connectivity index is 2.11. The molecule has 0 bridgehead atoms. The third kappa shape index (κ3) is 1.19. The molecule has 2 heterocycles. The summed E-state index contributed by atoms with van der Waals surface area (Å²) in [6.07, 6.45) is 6.17. The van der Waals surface area contributed by atoms with Crippen LogP contribution in [-0.4, -0.2) is 33.4 Å². The van der Waals surface area contributed by atoms with E-state index in [4.69, 9.17) is 6.42 Å². The first-order valence-electron chi connectivity index (χ1n) is 3.94. The van der Waals surface area contributed by atoms with Crippen molar-refractivity contribution in [2.75, 3.05) is 13.1 Å². The second-order valence-electron chi connectivity index (χ2n) is 2.88. The fourth-order valence-corrected chi connectivity index (χ4v) is 1.42. The van der Waals surface area contributed by atoms with E-state index >= 15 is 0 Å². The number of aromatic nitrogens is 3. The van der Waals surface area contributed by atoms with Crippen molar-refractivity contribution in [2.24, 2.45) is 0 Å². The normalized spacial score (nSPS) is 16.9. The minimum Gasteiger partial charge on any atom is -0.286 e. The lowest BCUT2D eigenvalue weighted by molar-refractivity contribution is 0.281. The van der Waals surface area contributed by atoms with E-state index in [0.717, 1.165) is 30.9 Å². The van der Waals surface area contributed by atoms with Crippen LogP contribution in [0.4, 0.5) is 0 Å². The van der Waals surface area contributed by atoms with E-state index in [9.17, 15) is 0 Å². The number of nitrogens with zero attached hydrogens (tertiary/aromatic N) is 3. The van der Waals surface area contributed by atoms with Gasteiger partial charge in [0, 0.05) is 19.5 Å². The lowest BCUT2D eigenvalue weighted by atomic mass is 10.1. The molecule has 1 aliphatic heterocycles. The van der Waals surface area contributed by atoms with Crippen LogP contribution >= 0.6 is 0 Å². The molecular formula is C8H10N4. The molecule has 0 fully saturated rings. The van der Waals surface area contributed by atoms with Crippen molar-refractivity contribution in [3.63, 3.8) is 0 Å². The summed E-state index contributed by atoms with van der Waals surface area (Å²) >= 11 is 0. The van der Waals surface area contributed by atoms with Gasteiger partial charge in [-0.25, -0.2) is 0 Å². The van der Waals surface area contributed by atoms with Crippen molar-refractivity contribution < 1.29 is 0 Å². The fourth-order valence-electron chi connectivity index (χ4n) is 1.42. The number of nitrogens with one attached hydrogen (secondary N) is 1. The highest BCUT2D eigenvalue weighted by atomic mass is 15.3. The second-order valence-corrected chi connectivity index (χ2v) is 2.88. The van der Waals surface area contributed by atoms with Crippen LogP contribution in [0.2, 0.25) is 0 Å². The van der Waals surface area contributed by atoms with Crippen molar-refractivity contribution in [3.05, 3.63) is 11.4 Å². The first-order valence-corrected chi connectivity index (χ1v) is 3.94. The van der Waals surface area contributed by atoms with Crippen molar-refractivity contribution in [3.8, 4) is 12.3 Å². The maximum Gasteiger partial charge on any atom is 0.0997 e. The van der Waals surface area contributed by atoms with Crippen LogP contribution in [0.5, 0.6) is 0 Å². The average Bonchev–Trinajstić information content (AvgIpc) is 2.51. The predicted molar refractivity (Wildman–Crippen MR) is 44.2 cm³/mol. The molecule has 4 heteroatoms. The summed E-state index contributed by atoms with van der Waals surface area (Å²) in [7, 11) is 0. The summed E-state index contributed by atoms with van der Waals surface area (Å²) in [5.74, 6) is 2.63. The second kappa shape index (κ2) is 2.95. The summed E-state index contributed by atoms with van der Waals surface area (Å²) in [5, 5.41) is 10.7. The van der Waals surface area contributed by atoms with Gasteiger partial charge in [0.25, 0.3) is 0 Å². The SMILES string of the molecule is C#CCN1CCc2n[nH]nc2C1. The van der Waals surface area contributed by atoms with E-state index in [1.54, 1.807) is 0 Å². The summed E-state index contributed by atoms with van der Waals surface area (Å²) in [6.45, 7) is 2.52. The Morgan fingerprint density at radius 3 is 3.17 bits per heavy atom. The molecule has 0 saturated carbocycles. The smallest absolute Gasteiger partial charge is 0.0997 e. The molecule has 2 rings (SSSR count). The molecule has 0 spiro atoms. The third-order valence-electron chi connectivity index (χ3n) is 2.06. The monoisotopic (exact) mass is 162 g/mol. The highest BCUT2D eigenvalue weighted by Crippen LogP contribution is 2.12. The molecule has 0 amide bonds. The zero-order chi connectivity index (χ0) is 8.39. The van der Waals surface area contributed by atoms with Gasteiger partial charge in [-0.3, -0.25) is 4.90 Å². The fraction of sp³-hybridized carbons (Fsp3) is 0.500. The first-order chi connectivity index (χ1) is 5.90. The zero-order valence-electron chi connectivity index (χ0n) is 6.75. The van der Waals surface area contributed by atoms with Crippen molar-refractivity contribution in [2.45, 2.75) is 13.0 Å². The lowest BCUT2D eigenvalue weighted by Gasteiger charge is -2.22. The molecule has 0 atom stereocenters. The molecule has 1 N–H and O–H groups in total. The maximum absolute atomic E-state index is 5.22. The van der Waals surface area contributed by atoms with Gasteiger partial charge in [-0.15, -0.1) is 6.42 Å². The van der Waals surface area contributed by atoms with E-state index in [1.807, 2.05) is 0 Å². The highest BCUT2D eigenvalue weighted by molar-refractivity contribution is 5.12. The largest absolute Gasteiger partial charge is 0.286 e. The number of terminal acetylenes is 1. The Kier molecular flexibility index (Phi) is 1.80. The van der Waals surface area contributed by atoms with Gasteiger partial charge in [0.15, 0.2) is 0 Å². The van der Waals surface area contributed by atoms with Crippen LogP contribution in [0.25, 0.3) is 0 Å². The maximum atomic E-state index is 5.22. The molecule has 0 saturated heterocycles. The van der Waals surface area contributed by atoms with Crippen molar-refractivity contribution >= 4 is 0 Å². The molecule has 1 aromatic heterocycles. The number of fused-ring (bicyclic) bond motifs is 1. The number of rotatable bonds is 1. The number of hydrogen-bond donors (Lipinski definition) is 1. The Morgan fingerprint density at radius 1 is 1.50 bits per heavy atom. The molecule has 0 aliphatic carbocycles.